The molecule has 0 spiro atoms. The minimum Gasteiger partial charge on any atom is -0.378 e. The van der Waals surface area contributed by atoms with Gasteiger partial charge in [0.2, 0.25) is 5.91 Å². The van der Waals surface area contributed by atoms with Gasteiger partial charge in [-0.25, -0.2) is 0 Å². The van der Waals surface area contributed by atoms with Gasteiger partial charge in [0, 0.05) is 39.0 Å². The van der Waals surface area contributed by atoms with Gasteiger partial charge in [-0.3, -0.25) is 4.79 Å². The molecule has 100 valence electrons. The zero-order valence-electron chi connectivity index (χ0n) is 10.6. The average Bonchev–Trinajstić information content (AvgIpc) is 2.76. The number of carbonyl (C=O) groups is 1. The van der Waals surface area contributed by atoms with Crippen LogP contribution < -0.4 is 10.6 Å². The number of carbonyl (C=O) groups excluding carboxylic acids is 1. The lowest BCUT2D eigenvalue weighted by Gasteiger charge is -2.23. The first-order chi connectivity index (χ1) is 8.75. The van der Waals surface area contributed by atoms with Crippen molar-refractivity contribution in [3.63, 3.8) is 0 Å². The van der Waals surface area contributed by atoms with Crippen molar-refractivity contribution in [3.05, 3.63) is 12.2 Å². The molecule has 1 unspecified atom stereocenters. The van der Waals surface area contributed by atoms with Crippen molar-refractivity contribution in [3.8, 4) is 0 Å². The Bertz CT molecular complexity index is 387. The van der Waals surface area contributed by atoms with E-state index < -0.39 is 0 Å². The zero-order chi connectivity index (χ0) is 12.8. The van der Waals surface area contributed by atoms with Crippen LogP contribution in [0.2, 0.25) is 0 Å². The smallest absolute Gasteiger partial charge is 0.221 e. The van der Waals surface area contributed by atoms with E-state index in [4.69, 9.17) is 4.74 Å². The van der Waals surface area contributed by atoms with Crippen molar-refractivity contribution >= 4 is 5.91 Å². The van der Waals surface area contributed by atoms with Gasteiger partial charge in [-0.05, 0) is 0 Å². The number of hydrogen-bond donors (Lipinski definition) is 2. The fourth-order valence-electron chi connectivity index (χ4n) is 1.89. The normalized spacial score (nSPS) is 19.7. The third kappa shape index (κ3) is 3.78. The fraction of sp³-hybridized carbons (Fsp3) is 0.727. The minimum absolute atomic E-state index is 0.0418. The zero-order valence-corrected chi connectivity index (χ0v) is 10.6. The number of morpholine rings is 1. The molecule has 7 heteroatoms. The first kappa shape index (κ1) is 13.0. The number of aromatic nitrogens is 3. The second-order valence-electron chi connectivity index (χ2n) is 4.39. The van der Waals surface area contributed by atoms with E-state index in [0.29, 0.717) is 26.0 Å². The molecule has 1 atom stereocenters. The summed E-state index contributed by atoms with van der Waals surface area (Å²) in [4.78, 5) is 11.7. The van der Waals surface area contributed by atoms with E-state index in [1.165, 1.54) is 0 Å². The molecule has 18 heavy (non-hydrogen) atoms. The number of aryl methyl sites for hydroxylation is 1. The van der Waals surface area contributed by atoms with E-state index in [0.717, 1.165) is 19.0 Å². The summed E-state index contributed by atoms with van der Waals surface area (Å²) in [5, 5.41) is 13.9. The summed E-state index contributed by atoms with van der Waals surface area (Å²) in [6.45, 7) is 2.73. The highest BCUT2D eigenvalue weighted by molar-refractivity contribution is 5.76. The van der Waals surface area contributed by atoms with E-state index in [1.54, 1.807) is 6.33 Å². The van der Waals surface area contributed by atoms with Crippen LogP contribution in [-0.4, -0.2) is 53.0 Å². The molecule has 1 saturated heterocycles. The molecular formula is C11H19N5O2. The first-order valence-electron chi connectivity index (χ1n) is 6.16. The van der Waals surface area contributed by atoms with E-state index in [9.17, 15) is 4.79 Å². The van der Waals surface area contributed by atoms with Gasteiger partial charge in [0.25, 0.3) is 0 Å². The Kier molecular flexibility index (Phi) is 4.66. The molecule has 1 aromatic heterocycles. The monoisotopic (exact) mass is 253 g/mol. The predicted octanol–water partition coefficient (Wildman–Crippen LogP) is -1.15. The van der Waals surface area contributed by atoms with E-state index in [1.807, 2.05) is 11.6 Å². The van der Waals surface area contributed by atoms with Gasteiger partial charge in [0.1, 0.15) is 12.2 Å². The molecule has 0 aliphatic carbocycles. The van der Waals surface area contributed by atoms with Gasteiger partial charge < -0.3 is 19.9 Å². The Morgan fingerprint density at radius 2 is 2.61 bits per heavy atom. The van der Waals surface area contributed by atoms with Crippen molar-refractivity contribution in [2.75, 3.05) is 26.3 Å². The topological polar surface area (TPSA) is 81.1 Å². The quantitative estimate of drug-likeness (QED) is 0.693. The van der Waals surface area contributed by atoms with Gasteiger partial charge in [-0.15, -0.1) is 10.2 Å². The second-order valence-corrected chi connectivity index (χ2v) is 4.39. The molecule has 0 aromatic carbocycles. The van der Waals surface area contributed by atoms with Crippen molar-refractivity contribution in [1.29, 1.82) is 0 Å². The number of ether oxygens (including phenoxy) is 1. The van der Waals surface area contributed by atoms with Crippen LogP contribution >= 0.6 is 0 Å². The maximum Gasteiger partial charge on any atom is 0.221 e. The Balaban J connectivity index is 1.64. The summed E-state index contributed by atoms with van der Waals surface area (Å²) in [7, 11) is 1.89. The fourth-order valence-corrected chi connectivity index (χ4v) is 1.89. The Morgan fingerprint density at radius 3 is 3.28 bits per heavy atom. The number of nitrogens with one attached hydrogen (secondary N) is 2. The minimum atomic E-state index is 0.0418. The largest absolute Gasteiger partial charge is 0.378 e. The predicted molar refractivity (Wildman–Crippen MR) is 64.9 cm³/mol. The van der Waals surface area contributed by atoms with Crippen LogP contribution in [0.15, 0.2) is 6.33 Å². The van der Waals surface area contributed by atoms with E-state index in [-0.39, 0.29) is 11.9 Å². The SMILES string of the molecule is Cn1cnnc1CCNC(=O)CC1COCCN1. The molecule has 7 nitrogen and oxygen atoms in total. The highest BCUT2D eigenvalue weighted by Gasteiger charge is 2.16. The summed E-state index contributed by atoms with van der Waals surface area (Å²) in [6.07, 6.45) is 2.80. The summed E-state index contributed by atoms with van der Waals surface area (Å²) < 4.78 is 7.15. The number of rotatable bonds is 5. The Labute approximate surface area is 106 Å². The van der Waals surface area contributed by atoms with Gasteiger partial charge in [-0.1, -0.05) is 0 Å². The molecule has 1 aromatic rings. The van der Waals surface area contributed by atoms with E-state index >= 15 is 0 Å². The van der Waals surface area contributed by atoms with Crippen molar-refractivity contribution in [1.82, 2.24) is 25.4 Å². The second kappa shape index (κ2) is 6.46. The van der Waals surface area contributed by atoms with Gasteiger partial charge in [0.15, 0.2) is 0 Å². The first-order valence-corrected chi connectivity index (χ1v) is 6.16. The molecule has 1 amide bonds. The third-order valence-corrected chi connectivity index (χ3v) is 2.91. The molecule has 1 fully saturated rings. The molecule has 1 aliphatic heterocycles. The summed E-state index contributed by atoms with van der Waals surface area (Å²) in [5.74, 6) is 0.912. The molecular weight excluding hydrogens is 234 g/mol. The number of hydrogen-bond acceptors (Lipinski definition) is 5. The molecule has 0 saturated carbocycles. The lowest BCUT2D eigenvalue weighted by Crippen LogP contribution is -2.44. The lowest BCUT2D eigenvalue weighted by molar-refractivity contribution is -0.122. The number of nitrogens with zero attached hydrogens (tertiary/aromatic N) is 3. The van der Waals surface area contributed by atoms with Crippen LogP contribution in [0.5, 0.6) is 0 Å². The van der Waals surface area contributed by atoms with E-state index in [2.05, 4.69) is 20.8 Å². The molecule has 0 bridgehead atoms. The van der Waals surface area contributed by atoms with Gasteiger partial charge in [0.05, 0.1) is 13.2 Å². The maximum atomic E-state index is 11.7. The van der Waals surface area contributed by atoms with Gasteiger partial charge in [-0.2, -0.15) is 0 Å². The Hall–Kier alpha value is -1.47. The molecule has 2 heterocycles. The van der Waals surface area contributed by atoms with Crippen LogP contribution in [0, 0.1) is 0 Å². The standard InChI is InChI=1S/C11H19N5O2/c1-16-8-14-15-10(16)2-3-13-11(17)6-9-7-18-5-4-12-9/h8-9,12H,2-7H2,1H3,(H,13,17). The summed E-state index contributed by atoms with van der Waals surface area (Å²) in [5.41, 5.74) is 0. The highest BCUT2D eigenvalue weighted by Crippen LogP contribution is 1.98. The van der Waals surface area contributed by atoms with Crippen LogP contribution in [0.4, 0.5) is 0 Å². The number of amides is 1. The maximum absolute atomic E-state index is 11.7. The van der Waals surface area contributed by atoms with Crippen LogP contribution in [0.3, 0.4) is 0 Å². The average molecular weight is 253 g/mol. The Morgan fingerprint density at radius 1 is 1.72 bits per heavy atom. The van der Waals surface area contributed by atoms with Crippen molar-refractivity contribution in [2.24, 2.45) is 7.05 Å². The molecule has 2 rings (SSSR count). The van der Waals surface area contributed by atoms with Crippen LogP contribution in [0.25, 0.3) is 0 Å². The lowest BCUT2D eigenvalue weighted by atomic mass is 10.2. The molecule has 2 N–H and O–H groups in total. The molecule has 0 radical (unpaired) electrons. The third-order valence-electron chi connectivity index (χ3n) is 2.91. The van der Waals surface area contributed by atoms with Crippen LogP contribution in [0.1, 0.15) is 12.2 Å². The summed E-state index contributed by atoms with van der Waals surface area (Å²) in [6, 6.07) is 0.133. The van der Waals surface area contributed by atoms with Crippen molar-refractivity contribution < 1.29 is 9.53 Å². The highest BCUT2D eigenvalue weighted by atomic mass is 16.5. The van der Waals surface area contributed by atoms with Crippen molar-refractivity contribution in [2.45, 2.75) is 18.9 Å². The molecule has 1 aliphatic rings. The van der Waals surface area contributed by atoms with Crippen LogP contribution in [-0.2, 0) is 23.0 Å². The summed E-state index contributed by atoms with van der Waals surface area (Å²) >= 11 is 0. The van der Waals surface area contributed by atoms with Gasteiger partial charge >= 0.3 is 0 Å².